The summed E-state index contributed by atoms with van der Waals surface area (Å²) in [6, 6.07) is 19.8. The van der Waals surface area contributed by atoms with Gasteiger partial charge in [0.05, 0.1) is 24.8 Å². The number of anilines is 2. The molecule has 0 bridgehead atoms. The highest BCUT2D eigenvalue weighted by Crippen LogP contribution is 2.30. The number of amides is 1. The van der Waals surface area contributed by atoms with Gasteiger partial charge >= 0.3 is 0 Å². The molecule has 7 nitrogen and oxygen atoms in total. The van der Waals surface area contributed by atoms with Crippen molar-refractivity contribution in [2.24, 2.45) is 0 Å². The molecule has 162 valence electrons. The number of benzene rings is 3. The number of para-hydroxylation sites is 1. The predicted octanol–water partition coefficient (Wildman–Crippen LogP) is 4.17. The first-order chi connectivity index (χ1) is 14.9. The van der Waals surface area contributed by atoms with Crippen molar-refractivity contribution in [2.75, 3.05) is 30.4 Å². The number of hydrogen-bond donors (Lipinski definition) is 1. The van der Waals surface area contributed by atoms with Gasteiger partial charge in [0.15, 0.2) is 11.5 Å². The molecule has 3 aromatic carbocycles. The van der Waals surface area contributed by atoms with Gasteiger partial charge in [0.2, 0.25) is 0 Å². The highest BCUT2D eigenvalue weighted by molar-refractivity contribution is 7.92. The van der Waals surface area contributed by atoms with Crippen LogP contribution in [0.2, 0.25) is 0 Å². The highest BCUT2D eigenvalue weighted by Gasteiger charge is 2.23. The van der Waals surface area contributed by atoms with Gasteiger partial charge in [-0.05, 0) is 55.5 Å². The Morgan fingerprint density at radius 3 is 2.13 bits per heavy atom. The van der Waals surface area contributed by atoms with E-state index in [4.69, 9.17) is 9.47 Å². The molecule has 0 atom stereocenters. The van der Waals surface area contributed by atoms with Crippen molar-refractivity contribution in [1.82, 2.24) is 0 Å². The summed E-state index contributed by atoms with van der Waals surface area (Å²) in [4.78, 5) is 12.7. The SMILES string of the molecule is CCN(c1ccccc1)S(=O)(=O)c1ccc(C(=O)Nc2ccc(OC)c(OC)c2)cc1. The standard InChI is InChI=1S/C23H24N2O5S/c1-4-25(19-8-6-5-7-9-19)31(27,28)20-13-10-17(11-14-20)23(26)24-18-12-15-21(29-2)22(16-18)30-3/h5-16H,4H2,1-3H3,(H,24,26). The van der Waals surface area contributed by atoms with E-state index < -0.39 is 10.0 Å². The molecule has 31 heavy (non-hydrogen) atoms. The maximum absolute atomic E-state index is 13.1. The van der Waals surface area contributed by atoms with E-state index >= 15 is 0 Å². The molecule has 3 aromatic rings. The molecule has 0 aromatic heterocycles. The van der Waals surface area contributed by atoms with Crippen molar-refractivity contribution in [3.05, 3.63) is 78.4 Å². The number of carbonyl (C=O) groups excluding carboxylic acids is 1. The topological polar surface area (TPSA) is 84.9 Å². The summed E-state index contributed by atoms with van der Waals surface area (Å²) in [7, 11) is -0.709. The lowest BCUT2D eigenvalue weighted by atomic mass is 10.2. The first kappa shape index (κ1) is 22.2. The van der Waals surface area contributed by atoms with Gasteiger partial charge in [0.1, 0.15) is 0 Å². The molecule has 0 saturated heterocycles. The lowest BCUT2D eigenvalue weighted by molar-refractivity contribution is 0.102. The Morgan fingerprint density at radius 2 is 1.55 bits per heavy atom. The van der Waals surface area contributed by atoms with E-state index in [9.17, 15) is 13.2 Å². The Hall–Kier alpha value is -3.52. The second-order valence-corrected chi connectivity index (χ2v) is 8.42. The van der Waals surface area contributed by atoms with Crippen LogP contribution in [0.15, 0.2) is 77.7 Å². The van der Waals surface area contributed by atoms with Gasteiger partial charge in [-0.25, -0.2) is 8.42 Å². The largest absolute Gasteiger partial charge is 0.493 e. The third kappa shape index (κ3) is 4.80. The van der Waals surface area contributed by atoms with Crippen molar-refractivity contribution in [1.29, 1.82) is 0 Å². The van der Waals surface area contributed by atoms with Gasteiger partial charge in [-0.1, -0.05) is 18.2 Å². The molecule has 0 heterocycles. The number of carbonyl (C=O) groups is 1. The maximum atomic E-state index is 13.1. The number of hydrogen-bond acceptors (Lipinski definition) is 5. The lowest BCUT2D eigenvalue weighted by Crippen LogP contribution is -2.30. The summed E-state index contributed by atoms with van der Waals surface area (Å²) < 4.78 is 37.9. The minimum absolute atomic E-state index is 0.112. The zero-order valence-corrected chi connectivity index (χ0v) is 18.3. The van der Waals surface area contributed by atoms with Gasteiger partial charge < -0.3 is 14.8 Å². The lowest BCUT2D eigenvalue weighted by Gasteiger charge is -2.23. The number of nitrogens with zero attached hydrogens (tertiary/aromatic N) is 1. The molecule has 0 saturated carbocycles. The van der Waals surface area contributed by atoms with Crippen LogP contribution in [0.4, 0.5) is 11.4 Å². The Kier molecular flexibility index (Phi) is 6.81. The zero-order chi connectivity index (χ0) is 22.4. The molecule has 1 N–H and O–H groups in total. The summed E-state index contributed by atoms with van der Waals surface area (Å²) in [5.41, 5.74) is 1.44. The van der Waals surface area contributed by atoms with Crippen molar-refractivity contribution >= 4 is 27.3 Å². The second-order valence-electron chi connectivity index (χ2n) is 6.55. The summed E-state index contributed by atoms with van der Waals surface area (Å²) in [5, 5.41) is 2.77. The van der Waals surface area contributed by atoms with Crippen LogP contribution in [0.25, 0.3) is 0 Å². The van der Waals surface area contributed by atoms with Crippen molar-refractivity contribution < 1.29 is 22.7 Å². The number of nitrogens with one attached hydrogen (secondary N) is 1. The molecule has 0 radical (unpaired) electrons. The summed E-state index contributed by atoms with van der Waals surface area (Å²) in [6.07, 6.45) is 0. The molecule has 0 unspecified atom stereocenters. The summed E-state index contributed by atoms with van der Waals surface area (Å²) >= 11 is 0. The summed E-state index contributed by atoms with van der Waals surface area (Å²) in [5.74, 6) is 0.669. The second kappa shape index (κ2) is 9.53. The summed E-state index contributed by atoms with van der Waals surface area (Å²) in [6.45, 7) is 2.06. The molecular formula is C23H24N2O5S. The average Bonchev–Trinajstić information content (AvgIpc) is 2.80. The quantitative estimate of drug-likeness (QED) is 0.568. The molecule has 0 spiro atoms. The van der Waals surface area contributed by atoms with Gasteiger partial charge in [0.25, 0.3) is 15.9 Å². The number of ether oxygens (including phenoxy) is 2. The van der Waals surface area contributed by atoms with Crippen LogP contribution >= 0.6 is 0 Å². The van der Waals surface area contributed by atoms with Gasteiger partial charge in [-0.15, -0.1) is 0 Å². The fourth-order valence-corrected chi connectivity index (χ4v) is 4.58. The van der Waals surface area contributed by atoms with Crippen LogP contribution in [0, 0.1) is 0 Å². The Morgan fingerprint density at radius 1 is 0.903 bits per heavy atom. The van der Waals surface area contributed by atoms with Crippen LogP contribution in [0.1, 0.15) is 17.3 Å². The fraction of sp³-hybridized carbons (Fsp3) is 0.174. The molecule has 0 fully saturated rings. The number of rotatable bonds is 8. The first-order valence-electron chi connectivity index (χ1n) is 9.62. The molecule has 8 heteroatoms. The Balaban J connectivity index is 1.80. The Bertz CT molecular complexity index is 1150. The van der Waals surface area contributed by atoms with E-state index in [0.29, 0.717) is 28.4 Å². The highest BCUT2D eigenvalue weighted by atomic mass is 32.2. The van der Waals surface area contributed by atoms with E-state index in [-0.39, 0.29) is 17.3 Å². The predicted molar refractivity (Wildman–Crippen MR) is 121 cm³/mol. The molecule has 0 aliphatic carbocycles. The normalized spacial score (nSPS) is 10.9. The molecule has 0 aliphatic heterocycles. The van der Waals surface area contributed by atoms with E-state index in [0.717, 1.165) is 0 Å². The van der Waals surface area contributed by atoms with Crippen molar-refractivity contribution in [2.45, 2.75) is 11.8 Å². The monoisotopic (exact) mass is 440 g/mol. The van der Waals surface area contributed by atoms with Crippen molar-refractivity contribution in [3.8, 4) is 11.5 Å². The fourth-order valence-electron chi connectivity index (χ4n) is 3.11. The van der Waals surface area contributed by atoms with E-state index in [2.05, 4.69) is 5.32 Å². The molecule has 1 amide bonds. The van der Waals surface area contributed by atoms with Crippen molar-refractivity contribution in [3.63, 3.8) is 0 Å². The minimum Gasteiger partial charge on any atom is -0.493 e. The van der Waals surface area contributed by atoms with Crippen LogP contribution in [-0.2, 0) is 10.0 Å². The van der Waals surface area contributed by atoms with E-state index in [1.165, 1.54) is 42.8 Å². The zero-order valence-electron chi connectivity index (χ0n) is 17.5. The van der Waals surface area contributed by atoms with Crippen LogP contribution in [0.3, 0.4) is 0 Å². The third-order valence-electron chi connectivity index (χ3n) is 4.68. The van der Waals surface area contributed by atoms with Gasteiger partial charge in [-0.3, -0.25) is 9.10 Å². The molecule has 3 rings (SSSR count). The Labute approximate surface area is 182 Å². The van der Waals surface area contributed by atoms with E-state index in [1.807, 2.05) is 6.07 Å². The van der Waals surface area contributed by atoms with Crippen LogP contribution in [-0.4, -0.2) is 35.1 Å². The maximum Gasteiger partial charge on any atom is 0.264 e. The average molecular weight is 441 g/mol. The van der Waals surface area contributed by atoms with Crippen LogP contribution in [0.5, 0.6) is 11.5 Å². The molecular weight excluding hydrogens is 416 g/mol. The smallest absolute Gasteiger partial charge is 0.264 e. The van der Waals surface area contributed by atoms with Crippen LogP contribution < -0.4 is 19.1 Å². The first-order valence-corrected chi connectivity index (χ1v) is 11.1. The third-order valence-corrected chi connectivity index (χ3v) is 6.59. The van der Waals surface area contributed by atoms with E-state index in [1.54, 1.807) is 49.4 Å². The number of methoxy groups -OCH3 is 2. The number of sulfonamides is 1. The minimum atomic E-state index is -3.75. The molecule has 0 aliphatic rings. The van der Waals surface area contributed by atoms with Gasteiger partial charge in [0, 0.05) is 23.9 Å². The van der Waals surface area contributed by atoms with Gasteiger partial charge in [-0.2, -0.15) is 0 Å².